The second kappa shape index (κ2) is 4.30. The first-order valence-electron chi connectivity index (χ1n) is 4.07. The van der Waals surface area contributed by atoms with Crippen LogP contribution in [0.4, 0.5) is 0 Å². The molecule has 0 radical (unpaired) electrons. The van der Waals surface area contributed by atoms with Gasteiger partial charge in [0.2, 0.25) is 0 Å². The molecule has 0 bridgehead atoms. The van der Waals surface area contributed by atoms with Gasteiger partial charge in [-0.1, -0.05) is 0 Å². The molecule has 0 saturated heterocycles. The van der Waals surface area contributed by atoms with Gasteiger partial charge in [-0.2, -0.15) is 0 Å². The zero-order valence-electron chi connectivity index (χ0n) is 6.77. The molecule has 0 aromatic rings. The van der Waals surface area contributed by atoms with Gasteiger partial charge < -0.3 is 76.0 Å². The van der Waals surface area contributed by atoms with Crippen molar-refractivity contribution in [3.8, 4) is 0 Å². The molecule has 0 nitrogen and oxygen atoms in total. The van der Waals surface area contributed by atoms with Gasteiger partial charge in [0.25, 0.3) is 0 Å². The molecule has 0 aromatic heterocycles. The van der Waals surface area contributed by atoms with Gasteiger partial charge in [0.1, 0.15) is 0 Å². The standard InChI is InChI=1S/C12H10/c1-3-7-11(8-4-1)12-9-5-2-6-10-12/h1-10H/q-12. The first-order chi connectivity index (χ1) is 5.97. The van der Waals surface area contributed by atoms with E-state index >= 15 is 0 Å². The van der Waals surface area contributed by atoms with E-state index in [0.717, 1.165) is 0 Å². The molecule has 0 heteroatoms. The largest absolute Gasteiger partial charge is 0.945 e. The molecule has 2 fully saturated rings. The van der Waals surface area contributed by atoms with Crippen LogP contribution in [-0.4, -0.2) is 0 Å². The normalized spacial score (nSPS) is 29.0. The zero-order valence-corrected chi connectivity index (χ0v) is 6.77. The van der Waals surface area contributed by atoms with Gasteiger partial charge in [0, 0.05) is 0 Å². The van der Waals surface area contributed by atoms with Crippen LogP contribution in [0.3, 0.4) is 0 Å². The van der Waals surface area contributed by atoms with Crippen molar-refractivity contribution in [3.05, 3.63) is 76.0 Å². The number of hydrogen-bond acceptors (Lipinski definition) is 0. The molecule has 2 rings (SSSR count). The average molecular weight is 154 g/mol. The maximum absolute atomic E-state index is 2.12. The summed E-state index contributed by atoms with van der Waals surface area (Å²) in [5, 5.41) is 0. The van der Waals surface area contributed by atoms with Gasteiger partial charge in [-0.05, 0) is 0 Å². The van der Waals surface area contributed by atoms with Gasteiger partial charge in [-0.25, -0.2) is 0 Å². The molecule has 0 heterocycles. The fourth-order valence-electron chi connectivity index (χ4n) is 1.26. The summed E-state index contributed by atoms with van der Waals surface area (Å²) in [6.45, 7) is 0. The fourth-order valence-corrected chi connectivity index (χ4v) is 1.26. The molecule has 0 spiro atoms. The zero-order chi connectivity index (χ0) is 8.23. The van der Waals surface area contributed by atoms with Crippen LogP contribution < -0.4 is 0 Å². The predicted molar refractivity (Wildman–Crippen MR) is 49.5 cm³/mol. The minimum Gasteiger partial charge on any atom is -0.945 e. The van der Waals surface area contributed by atoms with Crippen LogP contribution in [0.2, 0.25) is 0 Å². The summed E-state index contributed by atoms with van der Waals surface area (Å²) in [5.74, 6) is 2.55. The van der Waals surface area contributed by atoms with Crippen molar-refractivity contribution in [2.75, 3.05) is 0 Å². The van der Waals surface area contributed by atoms with Gasteiger partial charge >= 0.3 is 0 Å². The fraction of sp³-hybridized carbons (Fsp3) is 0. The van der Waals surface area contributed by atoms with Crippen molar-refractivity contribution in [2.24, 2.45) is 0 Å². The average Bonchev–Trinajstić information content (AvgIpc) is 2.21. The number of rotatable bonds is 1. The van der Waals surface area contributed by atoms with Crippen LogP contribution in [0.25, 0.3) is 0 Å². The quantitative estimate of drug-likeness (QED) is 0.508. The first kappa shape index (κ1) is 8.59. The lowest BCUT2D eigenvalue weighted by atomic mass is 9.73. The van der Waals surface area contributed by atoms with Crippen molar-refractivity contribution in [1.29, 1.82) is 0 Å². The summed E-state index contributed by atoms with van der Waals surface area (Å²) in [7, 11) is 0. The lowest BCUT2D eigenvalue weighted by molar-refractivity contribution is 0.966. The Balaban J connectivity index is 1.80. The van der Waals surface area contributed by atoms with Crippen LogP contribution in [0.15, 0.2) is 0 Å². The van der Waals surface area contributed by atoms with E-state index in [1.807, 2.05) is 12.8 Å². The summed E-state index contributed by atoms with van der Waals surface area (Å²) in [6, 6.07) is 0. The summed E-state index contributed by atoms with van der Waals surface area (Å²) >= 11 is 0. The minimum atomic E-state index is 1.28. The Kier molecular flexibility index (Phi) is 3.08. The predicted octanol–water partition coefficient (Wildman–Crippen LogP) is 2.21. The molecule has 0 atom stereocenters. The van der Waals surface area contributed by atoms with Gasteiger partial charge in [-0.15, -0.1) is 0 Å². The van der Waals surface area contributed by atoms with E-state index in [0.29, 0.717) is 0 Å². The van der Waals surface area contributed by atoms with Crippen LogP contribution in [0.1, 0.15) is 0 Å². The summed E-state index contributed by atoms with van der Waals surface area (Å²) in [5.41, 5.74) is 0. The highest BCUT2D eigenvalue weighted by molar-refractivity contribution is 5.53. The van der Waals surface area contributed by atoms with Crippen molar-refractivity contribution < 1.29 is 0 Å². The third-order valence-corrected chi connectivity index (χ3v) is 1.88. The summed E-state index contributed by atoms with van der Waals surface area (Å²) < 4.78 is 0. The van der Waals surface area contributed by atoms with E-state index in [1.54, 1.807) is 0 Å². The molecule has 0 N–H and O–H groups in total. The second-order valence-electron chi connectivity index (χ2n) is 2.73. The molecule has 0 unspecified atom stereocenters. The Labute approximate surface area is 76.7 Å². The molecule has 2 aliphatic rings. The van der Waals surface area contributed by atoms with Crippen LogP contribution in [0, 0.1) is 76.0 Å². The van der Waals surface area contributed by atoms with Crippen molar-refractivity contribution in [1.82, 2.24) is 0 Å². The highest BCUT2D eigenvalue weighted by Gasteiger charge is 1.47. The Morgan fingerprint density at radius 1 is 0.417 bits per heavy atom. The topological polar surface area (TPSA) is 0 Å². The van der Waals surface area contributed by atoms with Crippen LogP contribution in [-0.2, 0) is 0 Å². The van der Waals surface area contributed by atoms with Crippen molar-refractivity contribution in [2.45, 2.75) is 0 Å². The Morgan fingerprint density at radius 2 is 0.750 bits per heavy atom. The summed E-state index contributed by atoms with van der Waals surface area (Å²) in [4.78, 5) is 0. The molecule has 0 aromatic carbocycles. The van der Waals surface area contributed by atoms with E-state index in [9.17, 15) is 0 Å². The Morgan fingerprint density at radius 3 is 1.08 bits per heavy atom. The minimum absolute atomic E-state index is 1.28. The van der Waals surface area contributed by atoms with E-state index in [4.69, 9.17) is 0 Å². The molecule has 0 amide bonds. The van der Waals surface area contributed by atoms with E-state index < -0.39 is 0 Å². The Hall–Kier alpha value is 0. The van der Waals surface area contributed by atoms with E-state index in [-0.39, 0.29) is 0 Å². The third kappa shape index (κ3) is 2.02. The van der Waals surface area contributed by atoms with Crippen LogP contribution in [0.5, 0.6) is 0 Å². The van der Waals surface area contributed by atoms with Crippen LogP contribution >= 0.6 is 0 Å². The maximum Gasteiger partial charge on any atom is -0.726 e. The smallest absolute Gasteiger partial charge is 0.726 e. The molecule has 2 aliphatic carbocycles. The molecule has 2 saturated carbocycles. The van der Waals surface area contributed by atoms with Crippen molar-refractivity contribution >= 4 is 0 Å². The summed E-state index contributed by atoms with van der Waals surface area (Å²) in [6.07, 6.45) is 20.8. The maximum atomic E-state index is 2.12. The SMILES string of the molecule is [CH-]1[CH-][CH-][C-]([C-]2[CH-][CH-][CH-][CH-][CH-]2)[CH-][CH-]1. The molecule has 70 valence electrons. The molecular formula is C12H10-12. The lowest BCUT2D eigenvalue weighted by Crippen LogP contribution is -2.20. The van der Waals surface area contributed by atoms with Gasteiger partial charge in [0.15, 0.2) is 0 Å². The Bertz CT molecular complexity index is 100. The van der Waals surface area contributed by atoms with E-state index in [2.05, 4.69) is 51.4 Å². The van der Waals surface area contributed by atoms with Gasteiger partial charge in [-0.3, -0.25) is 0 Å². The van der Waals surface area contributed by atoms with E-state index in [1.165, 1.54) is 11.8 Å². The third-order valence-electron chi connectivity index (χ3n) is 1.88. The second-order valence-corrected chi connectivity index (χ2v) is 2.73. The highest BCUT2D eigenvalue weighted by Crippen LogP contribution is 2.37. The van der Waals surface area contributed by atoms with Gasteiger partial charge in [0.05, 0.1) is 0 Å². The monoisotopic (exact) mass is 154 g/mol. The number of hydrogen-bond donors (Lipinski definition) is 0. The molecular weight excluding hydrogens is 144 g/mol. The first-order valence-corrected chi connectivity index (χ1v) is 4.07. The molecule has 0 aliphatic heterocycles. The van der Waals surface area contributed by atoms with Crippen molar-refractivity contribution in [3.63, 3.8) is 0 Å². The highest BCUT2D eigenvalue weighted by atomic mass is 14.3. The lowest BCUT2D eigenvalue weighted by Gasteiger charge is -3.11. The molecule has 12 heavy (non-hydrogen) atoms.